The van der Waals surface area contributed by atoms with Gasteiger partial charge in [0.15, 0.2) is 0 Å². The first kappa shape index (κ1) is 24.8. The topological polar surface area (TPSA) is 37.3 Å². The van der Waals surface area contributed by atoms with Crippen LogP contribution in [0.25, 0.3) is 0 Å². The molecule has 0 bridgehead atoms. The summed E-state index contributed by atoms with van der Waals surface area (Å²) in [5.41, 5.74) is 0. The first-order valence-electron chi connectivity index (χ1n) is 10.1. The van der Waals surface area contributed by atoms with Crippen LogP contribution in [0.15, 0.2) is 48.6 Å². The molecule has 0 heterocycles. The van der Waals surface area contributed by atoms with E-state index in [1.807, 2.05) is 0 Å². The molecule has 1 unspecified atom stereocenters. The Morgan fingerprint density at radius 2 is 1.27 bits per heavy atom. The van der Waals surface area contributed by atoms with Gasteiger partial charge in [-0.15, -0.1) is 11.8 Å². The largest absolute Gasteiger partial charge is 0.480 e. The van der Waals surface area contributed by atoms with Crippen LogP contribution in [-0.2, 0) is 4.79 Å². The molecule has 0 fully saturated rings. The number of carboxylic acids is 1. The molecule has 2 nitrogen and oxygen atoms in total. The quantitative estimate of drug-likeness (QED) is 0.212. The van der Waals surface area contributed by atoms with Crippen LogP contribution in [0.4, 0.5) is 0 Å². The average molecular weight is 379 g/mol. The Labute approximate surface area is 165 Å². The summed E-state index contributed by atoms with van der Waals surface area (Å²) in [4.78, 5) is 10.7. The first-order valence-corrected chi connectivity index (χ1v) is 11.2. The highest BCUT2D eigenvalue weighted by Crippen LogP contribution is 2.13. The van der Waals surface area contributed by atoms with E-state index in [0.717, 1.165) is 44.3 Å². The fourth-order valence-corrected chi connectivity index (χ4v) is 3.12. The van der Waals surface area contributed by atoms with Crippen molar-refractivity contribution in [3.05, 3.63) is 48.6 Å². The van der Waals surface area contributed by atoms with E-state index in [0.29, 0.717) is 0 Å². The number of carboxylic acid groups (broad SMARTS) is 1. The van der Waals surface area contributed by atoms with E-state index in [1.54, 1.807) is 6.92 Å². The first-order chi connectivity index (χ1) is 12.7. The Kier molecular flexibility index (Phi) is 19.2. The van der Waals surface area contributed by atoms with Crippen LogP contribution in [0.5, 0.6) is 0 Å². The Morgan fingerprint density at radius 1 is 0.808 bits per heavy atom. The second-order valence-electron chi connectivity index (χ2n) is 6.44. The van der Waals surface area contributed by atoms with E-state index < -0.39 is 5.97 Å². The summed E-state index contributed by atoms with van der Waals surface area (Å²) in [7, 11) is 0. The monoisotopic (exact) mass is 378 g/mol. The number of unbranched alkanes of at least 4 members (excludes halogenated alkanes) is 5. The molecule has 0 radical (unpaired) electrons. The van der Waals surface area contributed by atoms with Crippen molar-refractivity contribution in [2.24, 2.45) is 0 Å². The number of carbonyl (C=O) groups is 1. The van der Waals surface area contributed by atoms with Crippen molar-refractivity contribution in [1.82, 2.24) is 0 Å². The molecule has 1 atom stereocenters. The minimum atomic E-state index is -0.713. The summed E-state index contributed by atoms with van der Waals surface area (Å²) < 4.78 is 0. The van der Waals surface area contributed by atoms with E-state index in [4.69, 9.17) is 5.11 Å². The van der Waals surface area contributed by atoms with E-state index in [-0.39, 0.29) is 5.25 Å². The Bertz CT molecular complexity index is 435. The number of rotatable bonds is 17. The molecule has 3 heteroatoms. The van der Waals surface area contributed by atoms with Crippen molar-refractivity contribution < 1.29 is 9.90 Å². The van der Waals surface area contributed by atoms with Gasteiger partial charge in [0.05, 0.1) is 5.25 Å². The molecule has 0 aromatic carbocycles. The van der Waals surface area contributed by atoms with Gasteiger partial charge in [0.2, 0.25) is 0 Å². The number of hydrogen-bond donors (Lipinski definition) is 1. The molecule has 0 aromatic rings. The van der Waals surface area contributed by atoms with Gasteiger partial charge in [0.25, 0.3) is 0 Å². The van der Waals surface area contributed by atoms with Gasteiger partial charge >= 0.3 is 5.97 Å². The van der Waals surface area contributed by atoms with Crippen LogP contribution >= 0.6 is 11.8 Å². The molecule has 0 aliphatic heterocycles. The van der Waals surface area contributed by atoms with E-state index in [1.165, 1.54) is 37.4 Å². The molecule has 0 aromatic heterocycles. The highest BCUT2D eigenvalue weighted by molar-refractivity contribution is 8.00. The van der Waals surface area contributed by atoms with Crippen LogP contribution in [0.3, 0.4) is 0 Å². The molecule has 148 valence electrons. The Hall–Kier alpha value is -1.22. The van der Waals surface area contributed by atoms with Gasteiger partial charge in [0, 0.05) is 0 Å². The summed E-state index contributed by atoms with van der Waals surface area (Å²) in [5, 5.41) is 8.50. The van der Waals surface area contributed by atoms with Gasteiger partial charge in [-0.25, -0.2) is 0 Å². The van der Waals surface area contributed by atoms with Gasteiger partial charge in [-0.2, -0.15) is 0 Å². The normalized spacial score (nSPS) is 13.6. The van der Waals surface area contributed by atoms with Crippen LogP contribution in [-0.4, -0.2) is 22.1 Å². The molecule has 0 amide bonds. The third kappa shape index (κ3) is 19.1. The maximum Gasteiger partial charge on any atom is 0.316 e. The predicted molar refractivity (Wildman–Crippen MR) is 118 cm³/mol. The van der Waals surface area contributed by atoms with Gasteiger partial charge in [-0.05, 0) is 64.0 Å². The van der Waals surface area contributed by atoms with Crippen molar-refractivity contribution in [2.75, 3.05) is 5.75 Å². The lowest BCUT2D eigenvalue weighted by Gasteiger charge is -2.04. The molecule has 26 heavy (non-hydrogen) atoms. The molecular weight excluding hydrogens is 340 g/mol. The number of allylic oxidation sites excluding steroid dienone is 8. The minimum absolute atomic E-state index is 0.286. The van der Waals surface area contributed by atoms with Crippen molar-refractivity contribution in [3.8, 4) is 0 Å². The van der Waals surface area contributed by atoms with Crippen LogP contribution in [0.2, 0.25) is 0 Å². The zero-order valence-corrected chi connectivity index (χ0v) is 17.6. The minimum Gasteiger partial charge on any atom is -0.480 e. The van der Waals surface area contributed by atoms with Crippen molar-refractivity contribution in [2.45, 2.75) is 83.3 Å². The molecule has 0 aliphatic carbocycles. The lowest BCUT2D eigenvalue weighted by atomic mass is 10.2. The van der Waals surface area contributed by atoms with Crippen LogP contribution < -0.4 is 0 Å². The summed E-state index contributed by atoms with van der Waals surface area (Å²) in [6.07, 6.45) is 29.4. The zero-order chi connectivity index (χ0) is 19.3. The SMILES string of the molecule is CCCCCC=CCC=CCC=CC/C=C\CCCCSC(C)C(=O)O. The zero-order valence-electron chi connectivity index (χ0n) is 16.7. The second-order valence-corrected chi connectivity index (χ2v) is 7.88. The maximum atomic E-state index is 10.7. The Balaban J connectivity index is 3.42. The van der Waals surface area contributed by atoms with Crippen molar-refractivity contribution in [1.29, 1.82) is 0 Å². The highest BCUT2D eigenvalue weighted by Gasteiger charge is 2.09. The third-order valence-corrected chi connectivity index (χ3v) is 5.16. The molecule has 1 N–H and O–H groups in total. The number of aliphatic carboxylic acids is 1. The number of hydrogen-bond acceptors (Lipinski definition) is 2. The van der Waals surface area contributed by atoms with Crippen LogP contribution in [0, 0.1) is 0 Å². The predicted octanol–water partition coefficient (Wildman–Crippen LogP) is 7.34. The summed E-state index contributed by atoms with van der Waals surface area (Å²) in [6, 6.07) is 0. The second kappa shape index (κ2) is 20.1. The molecular formula is C23H38O2S. The van der Waals surface area contributed by atoms with E-state index >= 15 is 0 Å². The van der Waals surface area contributed by atoms with Gasteiger partial charge in [-0.1, -0.05) is 68.4 Å². The highest BCUT2D eigenvalue weighted by atomic mass is 32.2. The lowest BCUT2D eigenvalue weighted by molar-refractivity contribution is -0.136. The summed E-state index contributed by atoms with van der Waals surface area (Å²) in [6.45, 7) is 3.99. The van der Waals surface area contributed by atoms with Crippen LogP contribution in [0.1, 0.15) is 78.1 Å². The molecule has 0 saturated carbocycles. The fraction of sp³-hybridized carbons (Fsp3) is 0.609. The van der Waals surface area contributed by atoms with Crippen molar-refractivity contribution in [3.63, 3.8) is 0 Å². The lowest BCUT2D eigenvalue weighted by Crippen LogP contribution is -2.11. The van der Waals surface area contributed by atoms with E-state index in [2.05, 4.69) is 55.5 Å². The molecule has 0 aliphatic rings. The Morgan fingerprint density at radius 3 is 1.73 bits per heavy atom. The van der Waals surface area contributed by atoms with Gasteiger partial charge < -0.3 is 5.11 Å². The van der Waals surface area contributed by atoms with Gasteiger partial charge in [-0.3, -0.25) is 4.79 Å². The molecule has 0 rings (SSSR count). The molecule has 0 saturated heterocycles. The number of thioether (sulfide) groups is 1. The van der Waals surface area contributed by atoms with E-state index in [9.17, 15) is 4.79 Å². The third-order valence-electron chi connectivity index (χ3n) is 3.94. The standard InChI is InChI=1S/C23H38O2S/c1-3-4-5-6-7-8-9-10-11-12-13-14-15-16-17-18-19-20-21-26-22(2)23(24)25/h7-8,10-11,13-14,16-17,22H,3-6,9,12,15,18-21H2,1-2H3,(H,24,25)/b8-7?,11-10?,14-13?,17-16-. The molecule has 0 spiro atoms. The average Bonchev–Trinajstić information content (AvgIpc) is 2.63. The summed E-state index contributed by atoms with van der Waals surface area (Å²) >= 11 is 1.53. The maximum absolute atomic E-state index is 10.7. The smallest absolute Gasteiger partial charge is 0.316 e. The van der Waals surface area contributed by atoms with Crippen molar-refractivity contribution >= 4 is 17.7 Å². The summed E-state index contributed by atoms with van der Waals surface area (Å²) in [5.74, 6) is 0.219. The fourth-order valence-electron chi connectivity index (χ4n) is 2.26. The van der Waals surface area contributed by atoms with Gasteiger partial charge in [0.1, 0.15) is 0 Å².